The zero-order valence-electron chi connectivity index (χ0n) is 13.2. The largest absolute Gasteiger partial charge is 0.247 e. The molecule has 0 N–H and O–H groups in total. The van der Waals surface area contributed by atoms with E-state index in [-0.39, 0.29) is 15.1 Å². The van der Waals surface area contributed by atoms with Gasteiger partial charge in [0, 0.05) is 12.5 Å². The average molecular weight is 394 g/mol. The molecule has 0 aliphatic rings. The van der Waals surface area contributed by atoms with Gasteiger partial charge in [-0.3, -0.25) is 0 Å². The summed E-state index contributed by atoms with van der Waals surface area (Å²) in [5, 5.41) is -0.285. The van der Waals surface area contributed by atoms with Gasteiger partial charge < -0.3 is 0 Å². The minimum absolute atomic E-state index is 0.0911. The molecule has 130 valence electrons. The molecule has 2 heterocycles. The van der Waals surface area contributed by atoms with Crippen LogP contribution in [-0.4, -0.2) is 33.1 Å². The Kier molecular flexibility index (Phi) is 4.72. The highest BCUT2D eigenvalue weighted by atomic mass is 32.2. The number of hydrogen-bond donors (Lipinski definition) is 0. The van der Waals surface area contributed by atoms with Gasteiger partial charge in [-0.25, -0.2) is 26.8 Å². The second kappa shape index (κ2) is 6.66. The van der Waals surface area contributed by atoms with Gasteiger partial charge in [0.25, 0.3) is 0 Å². The number of hydrogen-bond acceptors (Lipinski definition) is 7. The first-order chi connectivity index (χ1) is 11.8. The predicted molar refractivity (Wildman–Crippen MR) is 95.8 cm³/mol. The molecule has 0 saturated carbocycles. The van der Waals surface area contributed by atoms with Crippen LogP contribution >= 0.6 is 11.3 Å². The summed E-state index contributed by atoms with van der Waals surface area (Å²) < 4.78 is 48.5. The molecular weight excluding hydrogens is 380 g/mol. The molecule has 0 radical (unpaired) electrons. The van der Waals surface area contributed by atoms with E-state index < -0.39 is 19.7 Å². The molecule has 1 aromatic carbocycles. The number of thiophene rings is 1. The van der Waals surface area contributed by atoms with E-state index in [1.807, 2.05) is 6.07 Å². The fourth-order valence-electron chi connectivity index (χ4n) is 2.15. The summed E-state index contributed by atoms with van der Waals surface area (Å²) in [7, 11) is -7.01. The van der Waals surface area contributed by atoms with E-state index in [2.05, 4.69) is 9.97 Å². The lowest BCUT2D eigenvalue weighted by Crippen LogP contribution is -2.04. The normalized spacial score (nSPS) is 12.2. The predicted octanol–water partition coefficient (Wildman–Crippen LogP) is 2.58. The molecule has 0 aliphatic carbocycles. The van der Waals surface area contributed by atoms with Gasteiger partial charge in [-0.15, -0.1) is 11.3 Å². The van der Waals surface area contributed by atoms with Crippen LogP contribution in [-0.2, 0) is 25.4 Å². The van der Waals surface area contributed by atoms with Crippen LogP contribution in [0.4, 0.5) is 0 Å². The average Bonchev–Trinajstić information content (AvgIpc) is 3.06. The van der Waals surface area contributed by atoms with Crippen molar-refractivity contribution in [1.29, 1.82) is 0 Å². The van der Waals surface area contributed by atoms with Gasteiger partial charge in [-0.1, -0.05) is 30.3 Å². The molecule has 0 aliphatic heterocycles. The van der Waals surface area contributed by atoms with Crippen molar-refractivity contribution in [3.05, 3.63) is 60.3 Å². The summed E-state index contributed by atoms with van der Waals surface area (Å²) in [5.41, 5.74) is 1.08. The molecule has 0 fully saturated rings. The number of aromatic nitrogens is 2. The highest BCUT2D eigenvalue weighted by Crippen LogP contribution is 2.31. The topological polar surface area (TPSA) is 94.1 Å². The third-order valence-electron chi connectivity index (χ3n) is 3.30. The molecule has 0 unspecified atom stereocenters. The first-order valence-corrected chi connectivity index (χ1v) is 11.5. The van der Waals surface area contributed by atoms with E-state index in [1.54, 1.807) is 36.4 Å². The SMILES string of the molecule is CS(=O)(=O)c1nccc(-c2ccc(S(=O)(=O)Cc3ccccc3)s2)n1. The molecule has 3 aromatic rings. The molecule has 0 saturated heterocycles. The molecule has 0 atom stereocenters. The number of rotatable bonds is 5. The minimum Gasteiger partial charge on any atom is -0.227 e. The first-order valence-electron chi connectivity index (χ1n) is 7.16. The third kappa shape index (κ3) is 4.12. The third-order valence-corrected chi connectivity index (χ3v) is 7.54. The zero-order chi connectivity index (χ0) is 18.1. The maximum absolute atomic E-state index is 12.6. The molecule has 2 aromatic heterocycles. The summed E-state index contributed by atoms with van der Waals surface area (Å²) in [6.45, 7) is 0. The van der Waals surface area contributed by atoms with Crippen LogP contribution in [0.5, 0.6) is 0 Å². The van der Waals surface area contributed by atoms with Crippen molar-refractivity contribution in [2.75, 3.05) is 6.26 Å². The van der Waals surface area contributed by atoms with Crippen molar-refractivity contribution in [2.24, 2.45) is 0 Å². The van der Waals surface area contributed by atoms with E-state index >= 15 is 0 Å². The molecule has 0 bridgehead atoms. The Morgan fingerprint density at radius 1 is 0.960 bits per heavy atom. The highest BCUT2D eigenvalue weighted by Gasteiger charge is 2.19. The maximum Gasteiger partial charge on any atom is 0.247 e. The van der Waals surface area contributed by atoms with Gasteiger partial charge in [0.05, 0.1) is 16.3 Å². The van der Waals surface area contributed by atoms with E-state index in [4.69, 9.17) is 0 Å². The summed E-state index contributed by atoms with van der Waals surface area (Å²) in [6.07, 6.45) is 2.37. The van der Waals surface area contributed by atoms with E-state index in [0.717, 1.165) is 17.6 Å². The fourth-order valence-corrected chi connectivity index (χ4v) is 5.37. The lowest BCUT2D eigenvalue weighted by Gasteiger charge is -2.02. The second-order valence-electron chi connectivity index (χ2n) is 5.36. The Balaban J connectivity index is 1.93. The van der Waals surface area contributed by atoms with Crippen LogP contribution in [0.3, 0.4) is 0 Å². The van der Waals surface area contributed by atoms with Gasteiger partial charge in [0.2, 0.25) is 15.0 Å². The lowest BCUT2D eigenvalue weighted by atomic mass is 10.2. The Morgan fingerprint density at radius 3 is 2.36 bits per heavy atom. The van der Waals surface area contributed by atoms with Crippen molar-refractivity contribution in [1.82, 2.24) is 9.97 Å². The van der Waals surface area contributed by atoms with Gasteiger partial charge in [0.15, 0.2) is 9.84 Å². The van der Waals surface area contributed by atoms with Crippen molar-refractivity contribution in [2.45, 2.75) is 15.1 Å². The maximum atomic E-state index is 12.6. The smallest absolute Gasteiger partial charge is 0.227 e. The molecule has 0 amide bonds. The van der Waals surface area contributed by atoms with Gasteiger partial charge in [-0.05, 0) is 23.8 Å². The number of sulfone groups is 2. The molecule has 9 heteroatoms. The van der Waals surface area contributed by atoms with Gasteiger partial charge in [0.1, 0.15) is 4.21 Å². The Hall–Kier alpha value is -2.10. The van der Waals surface area contributed by atoms with E-state index in [1.165, 1.54) is 12.3 Å². The van der Waals surface area contributed by atoms with Crippen LogP contribution in [0.2, 0.25) is 0 Å². The monoisotopic (exact) mass is 394 g/mol. The van der Waals surface area contributed by atoms with Gasteiger partial charge >= 0.3 is 0 Å². The van der Waals surface area contributed by atoms with Crippen molar-refractivity contribution < 1.29 is 16.8 Å². The number of nitrogens with zero attached hydrogens (tertiary/aromatic N) is 2. The van der Waals surface area contributed by atoms with Crippen molar-refractivity contribution >= 4 is 31.0 Å². The van der Waals surface area contributed by atoms with Crippen LogP contribution in [0.1, 0.15) is 5.56 Å². The van der Waals surface area contributed by atoms with Gasteiger partial charge in [-0.2, -0.15) is 0 Å². The quantitative estimate of drug-likeness (QED) is 0.618. The summed E-state index contributed by atoms with van der Waals surface area (Å²) >= 11 is 1.06. The molecule has 3 rings (SSSR count). The lowest BCUT2D eigenvalue weighted by molar-refractivity contribution is 0.592. The fraction of sp³-hybridized carbons (Fsp3) is 0.125. The standard InChI is InChI=1S/C16H14N2O4S3/c1-24(19,20)16-17-10-9-13(18-16)14-7-8-15(23-14)25(21,22)11-12-5-3-2-4-6-12/h2-10H,11H2,1H3. The van der Waals surface area contributed by atoms with Crippen LogP contribution < -0.4 is 0 Å². The van der Waals surface area contributed by atoms with E-state index in [9.17, 15) is 16.8 Å². The Labute approximate surface area is 150 Å². The Morgan fingerprint density at radius 2 is 1.68 bits per heavy atom. The molecule has 6 nitrogen and oxygen atoms in total. The van der Waals surface area contributed by atoms with Crippen molar-refractivity contribution in [3.63, 3.8) is 0 Å². The van der Waals surface area contributed by atoms with Crippen LogP contribution in [0.15, 0.2) is 64.1 Å². The highest BCUT2D eigenvalue weighted by molar-refractivity contribution is 7.92. The molecule has 25 heavy (non-hydrogen) atoms. The van der Waals surface area contributed by atoms with E-state index in [0.29, 0.717) is 16.1 Å². The number of benzene rings is 1. The summed E-state index contributed by atoms with van der Waals surface area (Å²) in [4.78, 5) is 8.31. The summed E-state index contributed by atoms with van der Waals surface area (Å²) in [6, 6.07) is 13.6. The zero-order valence-corrected chi connectivity index (χ0v) is 15.6. The molecular formula is C16H14N2O4S3. The first kappa shape index (κ1) is 17.7. The molecule has 0 spiro atoms. The second-order valence-corrected chi connectivity index (χ2v) is 10.6. The Bertz CT molecular complexity index is 1110. The minimum atomic E-state index is -3.53. The van der Waals surface area contributed by atoms with Crippen LogP contribution in [0.25, 0.3) is 10.6 Å². The van der Waals surface area contributed by atoms with Crippen LogP contribution in [0, 0.1) is 0 Å². The van der Waals surface area contributed by atoms with Crippen molar-refractivity contribution in [3.8, 4) is 10.6 Å². The summed E-state index contributed by atoms with van der Waals surface area (Å²) in [5.74, 6) is -0.0911.